The van der Waals surface area contributed by atoms with Crippen molar-refractivity contribution in [1.82, 2.24) is 14.9 Å². The van der Waals surface area contributed by atoms with Crippen molar-refractivity contribution in [1.29, 1.82) is 0 Å². The standard InChI is InChI=1S/C20H22ClN3O2S/c1-26-11-5-10-22-19(25)14-27-20-23-17-12-16(21)8-9-18(17)24(20)13-15-6-3-2-4-7-15/h2-4,6-9,12H,5,10-11,13-14H2,1H3,(H,22,25). The van der Waals surface area contributed by atoms with Crippen molar-refractivity contribution in [3.05, 3.63) is 59.1 Å². The van der Waals surface area contributed by atoms with Gasteiger partial charge in [-0.05, 0) is 30.2 Å². The van der Waals surface area contributed by atoms with Gasteiger partial charge in [-0.15, -0.1) is 0 Å². The lowest BCUT2D eigenvalue weighted by Crippen LogP contribution is -2.27. The van der Waals surface area contributed by atoms with Crippen molar-refractivity contribution < 1.29 is 9.53 Å². The van der Waals surface area contributed by atoms with Gasteiger partial charge in [-0.2, -0.15) is 0 Å². The molecule has 0 saturated carbocycles. The Morgan fingerprint density at radius 1 is 1.26 bits per heavy atom. The van der Waals surface area contributed by atoms with Crippen LogP contribution in [0.5, 0.6) is 0 Å². The third kappa shape index (κ3) is 5.48. The van der Waals surface area contributed by atoms with Gasteiger partial charge in [0.2, 0.25) is 5.91 Å². The van der Waals surface area contributed by atoms with Gasteiger partial charge in [0.25, 0.3) is 0 Å². The molecule has 2 aromatic carbocycles. The second-order valence-electron chi connectivity index (χ2n) is 6.08. The van der Waals surface area contributed by atoms with E-state index in [1.54, 1.807) is 7.11 Å². The number of benzene rings is 2. The molecular weight excluding hydrogens is 382 g/mol. The molecule has 7 heteroatoms. The second kappa shape index (κ2) is 9.78. The number of fused-ring (bicyclic) bond motifs is 1. The predicted octanol–water partition coefficient (Wildman–Crippen LogP) is 3.98. The zero-order chi connectivity index (χ0) is 19.1. The number of thioether (sulfide) groups is 1. The number of imidazole rings is 1. The molecule has 0 radical (unpaired) electrons. The molecule has 0 aliphatic rings. The van der Waals surface area contributed by atoms with E-state index in [-0.39, 0.29) is 5.91 Å². The number of nitrogens with zero attached hydrogens (tertiary/aromatic N) is 2. The molecule has 0 spiro atoms. The fourth-order valence-electron chi connectivity index (χ4n) is 2.74. The van der Waals surface area contributed by atoms with E-state index in [4.69, 9.17) is 21.3 Å². The minimum Gasteiger partial charge on any atom is -0.385 e. The van der Waals surface area contributed by atoms with E-state index in [0.717, 1.165) is 22.6 Å². The van der Waals surface area contributed by atoms with Crippen LogP contribution in [0.25, 0.3) is 11.0 Å². The van der Waals surface area contributed by atoms with Gasteiger partial charge in [0.15, 0.2) is 5.16 Å². The normalized spacial score (nSPS) is 11.0. The van der Waals surface area contributed by atoms with Crippen molar-refractivity contribution in [3.63, 3.8) is 0 Å². The zero-order valence-corrected chi connectivity index (χ0v) is 16.7. The number of rotatable bonds is 9. The number of carbonyl (C=O) groups is 1. The summed E-state index contributed by atoms with van der Waals surface area (Å²) in [7, 11) is 1.65. The Hall–Kier alpha value is -2.02. The molecule has 5 nitrogen and oxygen atoms in total. The molecule has 0 aliphatic carbocycles. The number of carbonyl (C=O) groups excluding carboxylic acids is 1. The van der Waals surface area contributed by atoms with Crippen LogP contribution in [0.3, 0.4) is 0 Å². The summed E-state index contributed by atoms with van der Waals surface area (Å²) in [6.07, 6.45) is 0.803. The molecular formula is C20H22ClN3O2S. The van der Waals surface area contributed by atoms with E-state index < -0.39 is 0 Å². The van der Waals surface area contributed by atoms with E-state index in [2.05, 4.69) is 22.0 Å². The maximum atomic E-state index is 12.1. The first-order valence-corrected chi connectivity index (χ1v) is 10.1. The fourth-order valence-corrected chi connectivity index (χ4v) is 3.75. The third-order valence-electron chi connectivity index (χ3n) is 4.04. The van der Waals surface area contributed by atoms with Crippen molar-refractivity contribution in [3.8, 4) is 0 Å². The van der Waals surface area contributed by atoms with E-state index in [1.165, 1.54) is 17.3 Å². The van der Waals surface area contributed by atoms with Crippen molar-refractivity contribution in [2.45, 2.75) is 18.1 Å². The van der Waals surface area contributed by atoms with Crippen molar-refractivity contribution in [2.24, 2.45) is 0 Å². The quantitative estimate of drug-likeness (QED) is 0.433. The van der Waals surface area contributed by atoms with Crippen LogP contribution in [0.2, 0.25) is 5.02 Å². The van der Waals surface area contributed by atoms with Gasteiger partial charge < -0.3 is 14.6 Å². The summed E-state index contributed by atoms with van der Waals surface area (Å²) >= 11 is 7.56. The zero-order valence-electron chi connectivity index (χ0n) is 15.2. The molecule has 1 aromatic heterocycles. The van der Waals surface area contributed by atoms with E-state index in [9.17, 15) is 4.79 Å². The summed E-state index contributed by atoms with van der Waals surface area (Å²) in [5.74, 6) is 0.311. The predicted molar refractivity (Wildman–Crippen MR) is 111 cm³/mol. The third-order valence-corrected chi connectivity index (χ3v) is 5.25. The summed E-state index contributed by atoms with van der Waals surface area (Å²) in [6.45, 7) is 1.95. The summed E-state index contributed by atoms with van der Waals surface area (Å²) in [5.41, 5.74) is 3.02. The lowest BCUT2D eigenvalue weighted by atomic mass is 10.2. The van der Waals surface area contributed by atoms with Crippen LogP contribution in [-0.4, -0.2) is 41.5 Å². The average molecular weight is 404 g/mol. The number of hydrogen-bond donors (Lipinski definition) is 1. The Labute approximate surface area is 168 Å². The smallest absolute Gasteiger partial charge is 0.230 e. The minimum atomic E-state index is -0.00699. The molecule has 1 amide bonds. The van der Waals surface area contributed by atoms with Gasteiger partial charge in [0, 0.05) is 25.3 Å². The maximum absolute atomic E-state index is 12.1. The Bertz CT molecular complexity index is 899. The first-order valence-electron chi connectivity index (χ1n) is 8.75. The topological polar surface area (TPSA) is 56.1 Å². The van der Waals surface area contributed by atoms with Gasteiger partial charge in [0.05, 0.1) is 23.3 Å². The van der Waals surface area contributed by atoms with Gasteiger partial charge in [0.1, 0.15) is 0 Å². The van der Waals surface area contributed by atoms with Gasteiger partial charge in [-0.3, -0.25) is 4.79 Å². The number of nitrogens with one attached hydrogen (secondary N) is 1. The van der Waals surface area contributed by atoms with Gasteiger partial charge >= 0.3 is 0 Å². The number of aromatic nitrogens is 2. The van der Waals surface area contributed by atoms with Gasteiger partial charge in [-0.25, -0.2) is 4.98 Å². The highest BCUT2D eigenvalue weighted by Gasteiger charge is 2.14. The molecule has 142 valence electrons. The van der Waals surface area contributed by atoms with Crippen LogP contribution < -0.4 is 5.32 Å². The molecule has 27 heavy (non-hydrogen) atoms. The van der Waals surface area contributed by atoms with Gasteiger partial charge in [-0.1, -0.05) is 53.7 Å². The highest BCUT2D eigenvalue weighted by Crippen LogP contribution is 2.27. The molecule has 0 saturated heterocycles. The number of ether oxygens (including phenoxy) is 1. The molecule has 0 aliphatic heterocycles. The monoisotopic (exact) mass is 403 g/mol. The molecule has 0 bridgehead atoms. The number of halogens is 1. The lowest BCUT2D eigenvalue weighted by molar-refractivity contribution is -0.118. The highest BCUT2D eigenvalue weighted by molar-refractivity contribution is 7.99. The molecule has 0 atom stereocenters. The van der Waals surface area contributed by atoms with Crippen molar-refractivity contribution >= 4 is 40.3 Å². The maximum Gasteiger partial charge on any atom is 0.230 e. The molecule has 0 fully saturated rings. The van der Waals surface area contributed by atoms with Crippen LogP contribution in [0.1, 0.15) is 12.0 Å². The summed E-state index contributed by atoms with van der Waals surface area (Å²) < 4.78 is 7.12. The lowest BCUT2D eigenvalue weighted by Gasteiger charge is -2.09. The Morgan fingerprint density at radius 2 is 2.07 bits per heavy atom. The average Bonchev–Trinajstić information content (AvgIpc) is 3.01. The van der Waals surface area contributed by atoms with E-state index >= 15 is 0 Å². The summed E-state index contributed by atoms with van der Waals surface area (Å²) in [5, 5.41) is 4.36. The molecule has 3 rings (SSSR count). The molecule has 3 aromatic rings. The van der Waals surface area contributed by atoms with Crippen LogP contribution in [0, 0.1) is 0 Å². The molecule has 0 unspecified atom stereocenters. The Kier molecular flexibility index (Phi) is 7.15. The number of methoxy groups -OCH3 is 1. The summed E-state index contributed by atoms with van der Waals surface area (Å²) in [6, 6.07) is 15.9. The highest BCUT2D eigenvalue weighted by atomic mass is 35.5. The summed E-state index contributed by atoms with van der Waals surface area (Å²) in [4.78, 5) is 16.8. The van der Waals surface area contributed by atoms with Crippen LogP contribution in [0.15, 0.2) is 53.7 Å². The molecule has 1 N–H and O–H groups in total. The van der Waals surface area contributed by atoms with Crippen LogP contribution >= 0.6 is 23.4 Å². The minimum absolute atomic E-state index is 0.00699. The second-order valence-corrected chi connectivity index (χ2v) is 7.46. The SMILES string of the molecule is COCCCNC(=O)CSc1nc2cc(Cl)ccc2n1Cc1ccccc1. The first-order chi connectivity index (χ1) is 13.2. The number of amides is 1. The fraction of sp³-hybridized carbons (Fsp3) is 0.300. The van der Waals surface area contributed by atoms with Crippen LogP contribution in [-0.2, 0) is 16.1 Å². The largest absolute Gasteiger partial charge is 0.385 e. The Balaban J connectivity index is 1.75. The van der Waals surface area contributed by atoms with Crippen molar-refractivity contribution in [2.75, 3.05) is 26.0 Å². The molecule has 1 heterocycles. The van der Waals surface area contributed by atoms with E-state index in [0.29, 0.717) is 30.5 Å². The number of hydrogen-bond acceptors (Lipinski definition) is 4. The Morgan fingerprint density at radius 3 is 2.85 bits per heavy atom. The first kappa shape index (κ1) is 19.7. The van der Waals surface area contributed by atoms with Crippen LogP contribution in [0.4, 0.5) is 0 Å². The van der Waals surface area contributed by atoms with E-state index in [1.807, 2.05) is 36.4 Å².